The molecule has 1 aliphatic heterocycles. The maximum atomic E-state index is 12.4. The van der Waals surface area contributed by atoms with Crippen LogP contribution in [0.5, 0.6) is 5.75 Å². The van der Waals surface area contributed by atoms with Gasteiger partial charge < -0.3 is 4.74 Å². The molecule has 31 heavy (non-hydrogen) atoms. The van der Waals surface area contributed by atoms with Gasteiger partial charge in [0.2, 0.25) is 5.91 Å². The number of imide groups is 1. The van der Waals surface area contributed by atoms with Crippen LogP contribution in [0.25, 0.3) is 12.2 Å². The highest BCUT2D eigenvalue weighted by Crippen LogP contribution is 2.39. The highest BCUT2D eigenvalue weighted by atomic mass is 16.6. The van der Waals surface area contributed by atoms with Gasteiger partial charge >= 0.3 is 6.03 Å². The molecule has 3 amide bonds. The monoisotopic (exact) mass is 423 g/mol. The lowest BCUT2D eigenvalue weighted by atomic mass is 9.84. The molecule has 1 heterocycles. The summed E-state index contributed by atoms with van der Waals surface area (Å²) < 4.78 is 5.71. The van der Waals surface area contributed by atoms with Crippen molar-refractivity contribution < 1.29 is 19.2 Å². The second-order valence-corrected chi connectivity index (χ2v) is 8.30. The van der Waals surface area contributed by atoms with Gasteiger partial charge in [0, 0.05) is 41.9 Å². The third-order valence-electron chi connectivity index (χ3n) is 5.04. The largest absolute Gasteiger partial charge is 0.496 e. The zero-order valence-corrected chi connectivity index (χ0v) is 18.0. The molecule has 0 saturated carbocycles. The first-order valence-corrected chi connectivity index (χ1v) is 9.86. The first kappa shape index (κ1) is 22.0. The van der Waals surface area contributed by atoms with Gasteiger partial charge in [-0.25, -0.2) is 4.79 Å². The van der Waals surface area contributed by atoms with Crippen LogP contribution in [0.2, 0.25) is 0 Å². The second kappa shape index (κ2) is 8.59. The lowest BCUT2D eigenvalue weighted by molar-refractivity contribution is -0.384. The molecule has 2 aromatic rings. The number of nitrogens with one attached hydrogen (secondary N) is 1. The Morgan fingerprint density at radius 1 is 1.13 bits per heavy atom. The Labute approximate surface area is 180 Å². The number of non-ortho nitro benzene ring substituents is 1. The fourth-order valence-electron chi connectivity index (χ4n) is 3.40. The van der Waals surface area contributed by atoms with Crippen molar-refractivity contribution in [1.82, 2.24) is 5.32 Å². The van der Waals surface area contributed by atoms with Gasteiger partial charge in [0.05, 0.1) is 12.0 Å². The van der Waals surface area contributed by atoms with Crippen molar-refractivity contribution in [3.8, 4) is 5.75 Å². The number of hydrogen-bond donors (Lipinski definition) is 1. The van der Waals surface area contributed by atoms with Crippen molar-refractivity contribution in [1.29, 1.82) is 0 Å². The predicted octanol–water partition coefficient (Wildman–Crippen LogP) is 4.52. The Kier molecular flexibility index (Phi) is 6.10. The highest BCUT2D eigenvalue weighted by molar-refractivity contribution is 6.05. The average Bonchev–Trinajstić information content (AvgIpc) is 2.71. The Bertz CT molecular complexity index is 1050. The molecule has 8 heteroatoms. The van der Waals surface area contributed by atoms with E-state index in [0.717, 1.165) is 16.7 Å². The molecule has 3 rings (SSSR count). The fraction of sp³-hybridized carbons (Fsp3) is 0.304. The summed E-state index contributed by atoms with van der Waals surface area (Å²) in [6.07, 6.45) is 3.92. The lowest BCUT2D eigenvalue weighted by Crippen LogP contribution is -2.49. The quantitative estimate of drug-likeness (QED) is 0.433. The van der Waals surface area contributed by atoms with Crippen LogP contribution in [-0.2, 0) is 10.2 Å². The van der Waals surface area contributed by atoms with Gasteiger partial charge in [-0.05, 0) is 35.2 Å². The first-order chi connectivity index (χ1) is 14.6. The summed E-state index contributed by atoms with van der Waals surface area (Å²) in [5.74, 6) is 0.395. The van der Waals surface area contributed by atoms with Gasteiger partial charge in [0.25, 0.3) is 5.69 Å². The van der Waals surface area contributed by atoms with E-state index in [1.807, 2.05) is 24.3 Å². The maximum absolute atomic E-state index is 12.4. The number of hydrogen-bond acceptors (Lipinski definition) is 5. The highest BCUT2D eigenvalue weighted by Gasteiger charge is 2.28. The molecule has 0 unspecified atom stereocenters. The Hall–Kier alpha value is -3.68. The van der Waals surface area contributed by atoms with Crippen molar-refractivity contribution >= 4 is 35.5 Å². The molecular formula is C23H25N3O5. The molecule has 2 aromatic carbocycles. The number of amides is 3. The SMILES string of the molecule is COc1c(C=Cc2ccc([N+](=O)[O-])cc2)cc(N2CCC(=O)NC2=O)cc1C(C)(C)C. The minimum atomic E-state index is -0.452. The number of urea groups is 1. The molecule has 0 atom stereocenters. The van der Waals surface area contributed by atoms with Crippen LogP contribution in [0.1, 0.15) is 43.9 Å². The van der Waals surface area contributed by atoms with Crippen molar-refractivity contribution in [2.75, 3.05) is 18.6 Å². The minimum Gasteiger partial charge on any atom is -0.496 e. The third kappa shape index (κ3) is 4.91. The van der Waals surface area contributed by atoms with E-state index in [4.69, 9.17) is 4.74 Å². The number of nitro benzene ring substituents is 1. The van der Waals surface area contributed by atoms with Gasteiger partial charge in [0.15, 0.2) is 0 Å². The van der Waals surface area contributed by atoms with E-state index in [9.17, 15) is 19.7 Å². The molecule has 1 N–H and O–H groups in total. The standard InChI is InChI=1S/C23H25N3O5/c1-23(2,3)19-14-18(25-12-11-20(27)24-22(25)28)13-16(21(19)31-4)8-5-15-6-9-17(10-7-15)26(29)30/h5-10,13-14H,11-12H2,1-4H3,(H,24,27,28). The third-order valence-corrected chi connectivity index (χ3v) is 5.04. The molecule has 0 bridgehead atoms. The molecule has 0 radical (unpaired) electrons. The number of nitrogens with zero attached hydrogens (tertiary/aromatic N) is 2. The Morgan fingerprint density at radius 3 is 2.35 bits per heavy atom. The summed E-state index contributed by atoms with van der Waals surface area (Å²) in [6, 6.07) is 9.53. The predicted molar refractivity (Wildman–Crippen MR) is 119 cm³/mol. The van der Waals surface area contributed by atoms with Crippen molar-refractivity contribution in [2.24, 2.45) is 0 Å². The van der Waals surface area contributed by atoms with Gasteiger partial charge in [-0.1, -0.05) is 32.9 Å². The molecular weight excluding hydrogens is 398 g/mol. The number of nitro groups is 1. The Balaban J connectivity index is 2.06. The molecule has 0 spiro atoms. The topological polar surface area (TPSA) is 102 Å². The van der Waals surface area contributed by atoms with E-state index in [1.165, 1.54) is 12.1 Å². The summed E-state index contributed by atoms with van der Waals surface area (Å²) in [6.45, 7) is 6.46. The van der Waals surface area contributed by atoms with Crippen LogP contribution >= 0.6 is 0 Å². The van der Waals surface area contributed by atoms with Crippen LogP contribution in [-0.4, -0.2) is 30.5 Å². The molecule has 1 aliphatic rings. The van der Waals surface area contributed by atoms with Crippen molar-refractivity contribution in [2.45, 2.75) is 32.6 Å². The van der Waals surface area contributed by atoms with Gasteiger partial charge in [-0.2, -0.15) is 0 Å². The van der Waals surface area contributed by atoms with Gasteiger partial charge in [-0.3, -0.25) is 25.1 Å². The van der Waals surface area contributed by atoms with E-state index in [-0.39, 0.29) is 23.4 Å². The van der Waals surface area contributed by atoms with Crippen LogP contribution in [0.4, 0.5) is 16.2 Å². The normalized spacial score (nSPS) is 14.6. The van der Waals surface area contributed by atoms with Crippen LogP contribution < -0.4 is 15.0 Å². The van der Waals surface area contributed by atoms with Crippen LogP contribution in [0, 0.1) is 10.1 Å². The molecule has 1 saturated heterocycles. The van der Waals surface area contributed by atoms with E-state index < -0.39 is 11.0 Å². The summed E-state index contributed by atoms with van der Waals surface area (Å²) in [5.41, 5.74) is 2.89. The smallest absolute Gasteiger partial charge is 0.328 e. The number of rotatable bonds is 5. The van der Waals surface area contributed by atoms with Crippen molar-refractivity contribution in [3.05, 3.63) is 63.2 Å². The number of ether oxygens (including phenoxy) is 1. The lowest BCUT2D eigenvalue weighted by Gasteiger charge is -2.30. The van der Waals surface area contributed by atoms with E-state index >= 15 is 0 Å². The zero-order chi connectivity index (χ0) is 22.8. The molecule has 1 fully saturated rings. The first-order valence-electron chi connectivity index (χ1n) is 9.86. The van der Waals surface area contributed by atoms with Crippen molar-refractivity contribution in [3.63, 3.8) is 0 Å². The molecule has 0 aliphatic carbocycles. The molecule has 8 nitrogen and oxygen atoms in total. The summed E-state index contributed by atoms with van der Waals surface area (Å²) in [5, 5.41) is 13.2. The molecule has 162 valence electrons. The number of benzene rings is 2. The summed E-state index contributed by atoms with van der Waals surface area (Å²) >= 11 is 0. The van der Waals surface area contributed by atoms with E-state index in [0.29, 0.717) is 18.0 Å². The number of anilines is 1. The zero-order valence-electron chi connectivity index (χ0n) is 18.0. The van der Waals surface area contributed by atoms with Gasteiger partial charge in [0.1, 0.15) is 5.75 Å². The van der Waals surface area contributed by atoms with Crippen LogP contribution in [0.15, 0.2) is 36.4 Å². The van der Waals surface area contributed by atoms with E-state index in [1.54, 1.807) is 24.1 Å². The average molecular weight is 423 g/mol. The summed E-state index contributed by atoms with van der Waals surface area (Å²) in [4.78, 5) is 35.9. The van der Waals surface area contributed by atoms with Crippen LogP contribution in [0.3, 0.4) is 0 Å². The number of carbonyl (C=O) groups is 2. The fourth-order valence-corrected chi connectivity index (χ4v) is 3.40. The number of carbonyl (C=O) groups excluding carboxylic acids is 2. The van der Waals surface area contributed by atoms with E-state index in [2.05, 4.69) is 26.1 Å². The number of methoxy groups -OCH3 is 1. The minimum absolute atomic E-state index is 0.0254. The molecule has 0 aromatic heterocycles. The second-order valence-electron chi connectivity index (χ2n) is 8.30. The maximum Gasteiger partial charge on any atom is 0.328 e. The Morgan fingerprint density at radius 2 is 1.81 bits per heavy atom. The summed E-state index contributed by atoms with van der Waals surface area (Å²) in [7, 11) is 1.60. The van der Waals surface area contributed by atoms with Gasteiger partial charge in [-0.15, -0.1) is 0 Å².